The predicted octanol–water partition coefficient (Wildman–Crippen LogP) is 2.12. The Hall–Kier alpha value is -3.07. The van der Waals surface area contributed by atoms with Gasteiger partial charge in [0.2, 0.25) is 5.91 Å². The first kappa shape index (κ1) is 24.2. The summed E-state index contributed by atoms with van der Waals surface area (Å²) >= 11 is 0. The number of nitrogens with one attached hydrogen (secondary N) is 4. The number of hydrogen-bond donors (Lipinski definition) is 5. The standard InChI is InChI=1S/C22H33N5O4/c1-13(2)10-17(20(29)27-23)25-19(28)18(26-21(30)31-22(3,4)5)11-14-12-24-16-9-7-6-8-15(14)16/h6-9,12-13,17-18,24H,10-11,23H2,1-5H3,(H,25,28)(H,26,30)(H,27,29)/t17-,18+/m1/s1. The van der Waals surface area contributed by atoms with Gasteiger partial charge in [-0.2, -0.15) is 0 Å². The van der Waals surface area contributed by atoms with E-state index < -0.39 is 35.6 Å². The van der Waals surface area contributed by atoms with Crippen molar-refractivity contribution in [1.82, 2.24) is 21.0 Å². The van der Waals surface area contributed by atoms with Crippen LogP contribution >= 0.6 is 0 Å². The lowest BCUT2D eigenvalue weighted by Crippen LogP contribution is -2.56. The molecule has 0 spiro atoms. The average Bonchev–Trinajstić information content (AvgIpc) is 3.07. The molecule has 0 saturated heterocycles. The van der Waals surface area contributed by atoms with Gasteiger partial charge in [-0.1, -0.05) is 32.0 Å². The van der Waals surface area contributed by atoms with Crippen LogP contribution in [0.1, 0.15) is 46.6 Å². The first-order valence-corrected chi connectivity index (χ1v) is 10.4. The van der Waals surface area contributed by atoms with E-state index in [1.54, 1.807) is 27.0 Å². The molecule has 9 heteroatoms. The van der Waals surface area contributed by atoms with Gasteiger partial charge in [-0.15, -0.1) is 0 Å². The van der Waals surface area contributed by atoms with Gasteiger partial charge in [-0.3, -0.25) is 15.0 Å². The normalized spacial score (nSPS) is 13.5. The van der Waals surface area contributed by atoms with Crippen LogP contribution in [0.3, 0.4) is 0 Å². The number of hydrogen-bond acceptors (Lipinski definition) is 5. The number of rotatable bonds is 8. The molecule has 0 aliphatic rings. The summed E-state index contributed by atoms with van der Waals surface area (Å²) in [5, 5.41) is 6.31. The number of amides is 3. The van der Waals surface area contributed by atoms with Crippen LogP contribution in [0.4, 0.5) is 4.79 Å². The second-order valence-corrected chi connectivity index (χ2v) is 8.96. The number of para-hydroxylation sites is 1. The Kier molecular flexibility index (Phi) is 8.04. The molecule has 6 N–H and O–H groups in total. The maximum atomic E-state index is 13.1. The highest BCUT2D eigenvalue weighted by molar-refractivity contribution is 5.92. The molecule has 1 heterocycles. The van der Waals surface area contributed by atoms with Crippen LogP contribution in [0.5, 0.6) is 0 Å². The second kappa shape index (κ2) is 10.3. The largest absolute Gasteiger partial charge is 0.444 e. The molecule has 0 radical (unpaired) electrons. The molecule has 0 aliphatic heterocycles. The summed E-state index contributed by atoms with van der Waals surface area (Å²) in [6.07, 6.45) is 1.71. The highest BCUT2D eigenvalue weighted by atomic mass is 16.6. The first-order chi connectivity index (χ1) is 14.5. The first-order valence-electron chi connectivity index (χ1n) is 10.4. The van der Waals surface area contributed by atoms with Gasteiger partial charge in [0.15, 0.2) is 0 Å². The minimum Gasteiger partial charge on any atom is -0.444 e. The number of benzene rings is 1. The molecular weight excluding hydrogens is 398 g/mol. The molecule has 2 rings (SSSR count). The topological polar surface area (TPSA) is 138 Å². The monoisotopic (exact) mass is 431 g/mol. The van der Waals surface area contributed by atoms with Crippen molar-refractivity contribution < 1.29 is 19.1 Å². The molecule has 2 aromatic rings. The van der Waals surface area contributed by atoms with Gasteiger partial charge in [0, 0.05) is 23.5 Å². The summed E-state index contributed by atoms with van der Waals surface area (Å²) in [4.78, 5) is 40.8. The Bertz CT molecular complexity index is 916. The molecule has 9 nitrogen and oxygen atoms in total. The lowest BCUT2D eigenvalue weighted by molar-refractivity contribution is -0.130. The fourth-order valence-corrected chi connectivity index (χ4v) is 3.26. The Morgan fingerprint density at radius 2 is 1.74 bits per heavy atom. The minimum absolute atomic E-state index is 0.147. The lowest BCUT2D eigenvalue weighted by Gasteiger charge is -2.25. The van der Waals surface area contributed by atoms with E-state index >= 15 is 0 Å². The van der Waals surface area contributed by atoms with Gasteiger partial charge in [0.05, 0.1) is 0 Å². The van der Waals surface area contributed by atoms with Gasteiger partial charge >= 0.3 is 6.09 Å². The van der Waals surface area contributed by atoms with Gasteiger partial charge in [-0.05, 0) is 44.7 Å². The van der Waals surface area contributed by atoms with Crippen molar-refractivity contribution in [1.29, 1.82) is 0 Å². The number of nitrogens with two attached hydrogens (primary N) is 1. The highest BCUT2D eigenvalue weighted by Crippen LogP contribution is 2.19. The summed E-state index contributed by atoms with van der Waals surface area (Å²) < 4.78 is 5.33. The SMILES string of the molecule is CC(C)C[C@@H](NC(=O)[C@H](Cc1c[nH]c2ccccc12)NC(=O)OC(C)(C)C)C(=O)NN. The van der Waals surface area contributed by atoms with Gasteiger partial charge in [0.1, 0.15) is 17.7 Å². The van der Waals surface area contributed by atoms with Crippen molar-refractivity contribution in [3.05, 3.63) is 36.0 Å². The van der Waals surface area contributed by atoms with Crippen molar-refractivity contribution in [3.63, 3.8) is 0 Å². The van der Waals surface area contributed by atoms with Crippen molar-refractivity contribution >= 4 is 28.8 Å². The van der Waals surface area contributed by atoms with Crippen LogP contribution in [0.25, 0.3) is 10.9 Å². The number of aromatic nitrogens is 1. The second-order valence-electron chi connectivity index (χ2n) is 8.96. The fourth-order valence-electron chi connectivity index (χ4n) is 3.26. The van der Waals surface area contributed by atoms with E-state index in [9.17, 15) is 14.4 Å². The number of ether oxygens (including phenoxy) is 1. The molecule has 2 atom stereocenters. The summed E-state index contributed by atoms with van der Waals surface area (Å²) in [6.45, 7) is 9.10. The zero-order valence-electron chi connectivity index (χ0n) is 18.7. The van der Waals surface area contributed by atoms with Crippen LogP contribution in [0.15, 0.2) is 30.5 Å². The maximum absolute atomic E-state index is 13.1. The number of alkyl carbamates (subject to hydrolysis) is 1. The molecule has 0 aliphatic carbocycles. The summed E-state index contributed by atoms with van der Waals surface area (Å²) in [7, 11) is 0. The third kappa shape index (κ3) is 7.29. The Labute approximate surface area is 182 Å². The summed E-state index contributed by atoms with van der Waals surface area (Å²) in [5.41, 5.74) is 3.15. The number of hydrazine groups is 1. The quantitative estimate of drug-likeness (QED) is 0.248. The van der Waals surface area contributed by atoms with Crippen molar-refractivity contribution in [2.24, 2.45) is 11.8 Å². The molecule has 170 valence electrons. The highest BCUT2D eigenvalue weighted by Gasteiger charge is 2.29. The van der Waals surface area contributed by atoms with E-state index in [2.05, 4.69) is 21.0 Å². The van der Waals surface area contributed by atoms with Crippen LogP contribution < -0.4 is 21.9 Å². The van der Waals surface area contributed by atoms with Crippen molar-refractivity contribution in [2.45, 2.75) is 65.1 Å². The van der Waals surface area contributed by atoms with Crippen LogP contribution in [-0.4, -0.2) is 40.6 Å². The fraction of sp³-hybridized carbons (Fsp3) is 0.500. The molecule has 0 fully saturated rings. The third-order valence-electron chi connectivity index (χ3n) is 4.59. The van der Waals surface area contributed by atoms with Crippen LogP contribution in [-0.2, 0) is 20.7 Å². The van der Waals surface area contributed by atoms with Crippen molar-refractivity contribution in [2.75, 3.05) is 0 Å². The minimum atomic E-state index is -0.950. The Morgan fingerprint density at radius 1 is 1.06 bits per heavy atom. The predicted molar refractivity (Wildman–Crippen MR) is 119 cm³/mol. The van der Waals surface area contributed by atoms with Crippen molar-refractivity contribution in [3.8, 4) is 0 Å². The molecule has 1 aromatic carbocycles. The average molecular weight is 432 g/mol. The number of carbonyl (C=O) groups excluding carboxylic acids is 3. The number of fused-ring (bicyclic) bond motifs is 1. The molecule has 3 amide bonds. The van der Waals surface area contributed by atoms with E-state index in [-0.39, 0.29) is 12.3 Å². The van der Waals surface area contributed by atoms with E-state index in [4.69, 9.17) is 10.6 Å². The lowest BCUT2D eigenvalue weighted by atomic mass is 10.0. The maximum Gasteiger partial charge on any atom is 0.408 e. The third-order valence-corrected chi connectivity index (χ3v) is 4.59. The molecular formula is C22H33N5O4. The summed E-state index contributed by atoms with van der Waals surface area (Å²) in [5.74, 6) is 4.43. The van der Waals surface area contributed by atoms with E-state index in [0.29, 0.717) is 6.42 Å². The number of carbonyl (C=O) groups is 3. The van der Waals surface area contributed by atoms with Gasteiger partial charge in [0.25, 0.3) is 5.91 Å². The Balaban J connectivity index is 2.25. The Morgan fingerprint density at radius 3 is 2.35 bits per heavy atom. The van der Waals surface area contributed by atoms with E-state index in [0.717, 1.165) is 16.5 Å². The molecule has 0 bridgehead atoms. The molecule has 0 saturated carbocycles. The van der Waals surface area contributed by atoms with Gasteiger partial charge in [-0.25, -0.2) is 10.6 Å². The molecule has 0 unspecified atom stereocenters. The van der Waals surface area contributed by atoms with Gasteiger partial charge < -0.3 is 20.4 Å². The zero-order chi connectivity index (χ0) is 23.2. The smallest absolute Gasteiger partial charge is 0.408 e. The van der Waals surface area contributed by atoms with E-state index in [1.807, 2.05) is 38.1 Å². The molecule has 31 heavy (non-hydrogen) atoms. The van der Waals surface area contributed by atoms with Crippen LogP contribution in [0, 0.1) is 5.92 Å². The van der Waals surface area contributed by atoms with Crippen LogP contribution in [0.2, 0.25) is 0 Å². The molecule has 1 aromatic heterocycles. The van der Waals surface area contributed by atoms with E-state index in [1.165, 1.54) is 0 Å². The zero-order valence-corrected chi connectivity index (χ0v) is 18.7. The number of H-pyrrole nitrogens is 1. The number of aromatic amines is 1. The summed E-state index contributed by atoms with van der Waals surface area (Å²) in [6, 6.07) is 5.92.